The standard InChI is InChI=1S/C17H25NO/c1-3-4-5-6-7-8-9-10-15-18-16-11-13-17(19-2)14-12-16/h11-14,18H,3-5,8-10,15H2,1-2H3. The van der Waals surface area contributed by atoms with Gasteiger partial charge in [-0.3, -0.25) is 0 Å². The van der Waals surface area contributed by atoms with Crippen molar-refractivity contribution in [3.8, 4) is 17.6 Å². The Balaban J connectivity index is 2.05. The summed E-state index contributed by atoms with van der Waals surface area (Å²) in [5.41, 5.74) is 1.15. The Bertz CT molecular complexity index is 386. The maximum absolute atomic E-state index is 5.12. The van der Waals surface area contributed by atoms with E-state index in [1.54, 1.807) is 7.11 Å². The van der Waals surface area contributed by atoms with Gasteiger partial charge in [-0.25, -0.2) is 0 Å². The minimum Gasteiger partial charge on any atom is -0.497 e. The summed E-state index contributed by atoms with van der Waals surface area (Å²) in [6, 6.07) is 8.04. The normalized spacial score (nSPS) is 9.58. The molecule has 0 aliphatic carbocycles. The first-order chi connectivity index (χ1) is 9.36. The average molecular weight is 259 g/mol. The molecular formula is C17H25NO. The van der Waals surface area contributed by atoms with Crippen LogP contribution >= 0.6 is 0 Å². The highest BCUT2D eigenvalue weighted by Crippen LogP contribution is 2.14. The molecule has 0 unspecified atom stereocenters. The third-order valence-electron chi connectivity index (χ3n) is 2.93. The molecule has 1 aromatic carbocycles. The van der Waals surface area contributed by atoms with E-state index in [0.29, 0.717) is 0 Å². The minimum atomic E-state index is 0.896. The van der Waals surface area contributed by atoms with Crippen LogP contribution in [0.1, 0.15) is 45.4 Å². The minimum absolute atomic E-state index is 0.896. The number of anilines is 1. The molecule has 0 saturated carbocycles. The van der Waals surface area contributed by atoms with Gasteiger partial charge in [-0.2, -0.15) is 0 Å². The van der Waals surface area contributed by atoms with E-state index in [-0.39, 0.29) is 0 Å². The maximum atomic E-state index is 5.12. The van der Waals surface area contributed by atoms with Crippen molar-refractivity contribution in [1.29, 1.82) is 0 Å². The summed E-state index contributed by atoms with van der Waals surface area (Å²) in [4.78, 5) is 0. The van der Waals surface area contributed by atoms with Crippen molar-refractivity contribution in [2.75, 3.05) is 19.0 Å². The molecule has 2 heteroatoms. The Morgan fingerprint density at radius 1 is 1.00 bits per heavy atom. The lowest BCUT2D eigenvalue weighted by Crippen LogP contribution is -2.00. The van der Waals surface area contributed by atoms with Crippen molar-refractivity contribution in [3.63, 3.8) is 0 Å². The molecule has 0 radical (unpaired) electrons. The van der Waals surface area contributed by atoms with E-state index in [1.165, 1.54) is 19.3 Å². The molecule has 0 heterocycles. The Labute approximate surface area is 117 Å². The summed E-state index contributed by atoms with van der Waals surface area (Å²) in [6.07, 6.45) is 6.87. The molecule has 0 amide bonds. The summed E-state index contributed by atoms with van der Waals surface area (Å²) in [5.74, 6) is 7.36. The topological polar surface area (TPSA) is 21.3 Å². The first-order valence-electron chi connectivity index (χ1n) is 7.20. The second kappa shape index (κ2) is 10.3. The molecule has 1 rings (SSSR count). The predicted molar refractivity (Wildman–Crippen MR) is 82.6 cm³/mol. The number of hydrogen-bond acceptors (Lipinski definition) is 2. The fourth-order valence-electron chi connectivity index (χ4n) is 1.72. The van der Waals surface area contributed by atoms with Crippen molar-refractivity contribution >= 4 is 5.69 Å². The Morgan fingerprint density at radius 3 is 2.32 bits per heavy atom. The van der Waals surface area contributed by atoms with E-state index in [4.69, 9.17) is 4.74 Å². The number of ether oxygens (including phenoxy) is 1. The smallest absolute Gasteiger partial charge is 0.119 e. The Kier molecular flexibility index (Phi) is 8.38. The van der Waals surface area contributed by atoms with Gasteiger partial charge in [-0.05, 0) is 43.5 Å². The Morgan fingerprint density at radius 2 is 1.68 bits per heavy atom. The van der Waals surface area contributed by atoms with Gasteiger partial charge >= 0.3 is 0 Å². The third-order valence-corrected chi connectivity index (χ3v) is 2.93. The van der Waals surface area contributed by atoms with Crippen LogP contribution in [0.25, 0.3) is 0 Å². The fourth-order valence-corrected chi connectivity index (χ4v) is 1.72. The molecule has 1 aromatic rings. The van der Waals surface area contributed by atoms with E-state index in [9.17, 15) is 0 Å². The second-order valence-corrected chi connectivity index (χ2v) is 4.57. The first kappa shape index (κ1) is 15.4. The highest BCUT2D eigenvalue weighted by molar-refractivity contribution is 5.46. The van der Waals surface area contributed by atoms with Crippen LogP contribution < -0.4 is 10.1 Å². The molecule has 0 saturated heterocycles. The number of unbranched alkanes of at least 4 members (excludes halogenated alkanes) is 4. The second-order valence-electron chi connectivity index (χ2n) is 4.57. The van der Waals surface area contributed by atoms with Crippen LogP contribution in [0.4, 0.5) is 5.69 Å². The molecule has 0 bridgehead atoms. The van der Waals surface area contributed by atoms with Crippen LogP contribution in [0.2, 0.25) is 0 Å². The first-order valence-corrected chi connectivity index (χ1v) is 7.20. The quantitative estimate of drug-likeness (QED) is 0.549. The van der Waals surface area contributed by atoms with Crippen LogP contribution in [0.3, 0.4) is 0 Å². The maximum Gasteiger partial charge on any atom is 0.119 e. The van der Waals surface area contributed by atoms with Crippen molar-refractivity contribution in [2.24, 2.45) is 0 Å². The number of benzene rings is 1. The van der Waals surface area contributed by atoms with Gasteiger partial charge in [0.1, 0.15) is 5.75 Å². The lowest BCUT2D eigenvalue weighted by molar-refractivity contribution is 0.415. The van der Waals surface area contributed by atoms with Gasteiger partial charge in [0.2, 0.25) is 0 Å². The third kappa shape index (κ3) is 7.41. The van der Waals surface area contributed by atoms with Gasteiger partial charge in [0, 0.05) is 25.1 Å². The van der Waals surface area contributed by atoms with Gasteiger partial charge in [-0.1, -0.05) is 13.3 Å². The molecule has 0 aromatic heterocycles. The number of rotatable bonds is 8. The predicted octanol–water partition coefficient (Wildman–Crippen LogP) is 4.47. The molecule has 0 fully saturated rings. The lowest BCUT2D eigenvalue weighted by atomic mass is 10.2. The van der Waals surface area contributed by atoms with Crippen LogP contribution in [0.15, 0.2) is 24.3 Å². The van der Waals surface area contributed by atoms with Gasteiger partial charge in [0.05, 0.1) is 7.11 Å². The summed E-state index contributed by atoms with van der Waals surface area (Å²) >= 11 is 0. The molecular weight excluding hydrogens is 234 g/mol. The van der Waals surface area contributed by atoms with Crippen LogP contribution in [0, 0.1) is 11.8 Å². The molecule has 0 aliphatic heterocycles. The van der Waals surface area contributed by atoms with Crippen molar-refractivity contribution in [3.05, 3.63) is 24.3 Å². The molecule has 0 aliphatic rings. The summed E-state index contributed by atoms with van der Waals surface area (Å²) in [7, 11) is 1.68. The van der Waals surface area contributed by atoms with E-state index in [0.717, 1.165) is 37.2 Å². The van der Waals surface area contributed by atoms with Gasteiger partial charge in [0.15, 0.2) is 0 Å². The molecule has 2 nitrogen and oxygen atoms in total. The van der Waals surface area contributed by atoms with Gasteiger partial charge in [-0.15, -0.1) is 11.8 Å². The highest BCUT2D eigenvalue weighted by Gasteiger charge is 1.93. The van der Waals surface area contributed by atoms with Crippen molar-refractivity contribution in [2.45, 2.75) is 45.4 Å². The number of hydrogen-bond donors (Lipinski definition) is 1. The molecule has 0 spiro atoms. The summed E-state index contributed by atoms with van der Waals surface area (Å²) in [6.45, 7) is 3.20. The van der Waals surface area contributed by atoms with Gasteiger partial charge in [0.25, 0.3) is 0 Å². The zero-order valence-electron chi connectivity index (χ0n) is 12.2. The van der Waals surface area contributed by atoms with E-state index >= 15 is 0 Å². The van der Waals surface area contributed by atoms with Crippen molar-refractivity contribution in [1.82, 2.24) is 0 Å². The van der Waals surface area contributed by atoms with E-state index < -0.39 is 0 Å². The van der Waals surface area contributed by atoms with Crippen molar-refractivity contribution < 1.29 is 4.74 Å². The fraction of sp³-hybridized carbons (Fsp3) is 0.529. The average Bonchev–Trinajstić information content (AvgIpc) is 2.46. The molecule has 1 N–H and O–H groups in total. The molecule has 104 valence electrons. The van der Waals surface area contributed by atoms with Crippen LogP contribution in [0.5, 0.6) is 5.75 Å². The zero-order valence-corrected chi connectivity index (χ0v) is 12.2. The van der Waals surface area contributed by atoms with E-state index in [2.05, 4.69) is 24.1 Å². The zero-order chi connectivity index (χ0) is 13.8. The molecule has 19 heavy (non-hydrogen) atoms. The van der Waals surface area contributed by atoms with Gasteiger partial charge < -0.3 is 10.1 Å². The largest absolute Gasteiger partial charge is 0.497 e. The SMILES string of the molecule is CCCCC#CCCCCNc1ccc(OC)cc1. The summed E-state index contributed by atoms with van der Waals surface area (Å²) < 4.78 is 5.12. The van der Waals surface area contributed by atoms with E-state index in [1.807, 2.05) is 24.3 Å². The summed E-state index contributed by atoms with van der Waals surface area (Å²) in [5, 5.41) is 3.40. The monoisotopic (exact) mass is 259 g/mol. The highest BCUT2D eigenvalue weighted by atomic mass is 16.5. The number of nitrogens with one attached hydrogen (secondary N) is 1. The van der Waals surface area contributed by atoms with Crippen LogP contribution in [-0.4, -0.2) is 13.7 Å². The Hall–Kier alpha value is -1.62. The molecule has 0 atom stereocenters. The number of methoxy groups -OCH3 is 1. The lowest BCUT2D eigenvalue weighted by Gasteiger charge is -2.06. The van der Waals surface area contributed by atoms with Crippen LogP contribution in [-0.2, 0) is 0 Å².